The zero-order chi connectivity index (χ0) is 11.5. The number of amides is 2. The maximum Gasteiger partial charge on any atom is 0.248 e. The van der Waals surface area contributed by atoms with E-state index in [1.807, 2.05) is 20.8 Å². The minimum Gasteiger partial charge on any atom is -0.273 e. The molecule has 0 atom stereocenters. The van der Waals surface area contributed by atoms with Gasteiger partial charge in [0.2, 0.25) is 11.8 Å². The predicted octanol–water partition coefficient (Wildman–Crippen LogP) is 1.08. The topological polar surface area (TPSA) is 58.2 Å². The smallest absolute Gasteiger partial charge is 0.248 e. The van der Waals surface area contributed by atoms with Gasteiger partial charge in [0.15, 0.2) is 0 Å². The lowest BCUT2D eigenvalue weighted by molar-refractivity contribution is -0.128. The fourth-order valence-electron chi connectivity index (χ4n) is 0.897. The molecule has 2 amide bonds. The Labute approximate surface area is 94.5 Å². The van der Waals surface area contributed by atoms with E-state index in [4.69, 9.17) is 0 Å². The van der Waals surface area contributed by atoms with Gasteiger partial charge < -0.3 is 0 Å². The number of carbonyl (C=O) groups excluding carboxylic acids is 2. The van der Waals surface area contributed by atoms with Crippen molar-refractivity contribution in [2.45, 2.75) is 38.4 Å². The Morgan fingerprint density at radius 3 is 2.33 bits per heavy atom. The second-order valence-electron chi connectivity index (χ2n) is 4.71. The third-order valence-electron chi connectivity index (χ3n) is 1.91. The van der Waals surface area contributed by atoms with Gasteiger partial charge in [-0.05, 0) is 12.8 Å². The van der Waals surface area contributed by atoms with Crippen molar-refractivity contribution in [2.75, 3.05) is 5.75 Å². The van der Waals surface area contributed by atoms with Crippen LogP contribution in [0.3, 0.4) is 0 Å². The van der Waals surface area contributed by atoms with Crippen LogP contribution in [0, 0.1) is 5.92 Å². The summed E-state index contributed by atoms with van der Waals surface area (Å²) in [6.07, 6.45) is 1.89. The van der Waals surface area contributed by atoms with E-state index in [-0.39, 0.29) is 22.5 Å². The van der Waals surface area contributed by atoms with Crippen LogP contribution in [-0.4, -0.2) is 22.3 Å². The van der Waals surface area contributed by atoms with Crippen LogP contribution in [0.1, 0.15) is 33.6 Å². The van der Waals surface area contributed by atoms with Crippen molar-refractivity contribution in [3.8, 4) is 0 Å². The lowest BCUT2D eigenvalue weighted by Gasteiger charge is -2.17. The molecule has 0 unspecified atom stereocenters. The zero-order valence-corrected chi connectivity index (χ0v) is 10.2. The normalized spacial score (nSPS) is 15.9. The molecule has 86 valence electrons. The van der Waals surface area contributed by atoms with E-state index in [2.05, 4.69) is 10.9 Å². The van der Waals surface area contributed by atoms with E-state index in [0.29, 0.717) is 5.75 Å². The summed E-state index contributed by atoms with van der Waals surface area (Å²) in [6.45, 7) is 6.15. The summed E-state index contributed by atoms with van der Waals surface area (Å²) in [5.74, 6) is 0.280. The second kappa shape index (κ2) is 4.88. The maximum atomic E-state index is 11.3. The molecule has 2 N–H and O–H groups in total. The summed E-state index contributed by atoms with van der Waals surface area (Å²) in [5, 5.41) is 0. The van der Waals surface area contributed by atoms with Gasteiger partial charge in [-0.2, -0.15) is 0 Å². The first-order valence-electron chi connectivity index (χ1n) is 5.11. The average molecular weight is 230 g/mol. The molecule has 0 radical (unpaired) electrons. The van der Waals surface area contributed by atoms with Crippen molar-refractivity contribution in [3.63, 3.8) is 0 Å². The fourth-order valence-corrected chi connectivity index (χ4v) is 1.53. The first-order valence-corrected chi connectivity index (χ1v) is 6.10. The van der Waals surface area contributed by atoms with E-state index >= 15 is 0 Å². The van der Waals surface area contributed by atoms with E-state index in [0.717, 1.165) is 12.8 Å². The van der Waals surface area contributed by atoms with Crippen LogP contribution in [0.15, 0.2) is 0 Å². The first-order chi connectivity index (χ1) is 6.88. The first kappa shape index (κ1) is 12.4. The van der Waals surface area contributed by atoms with Gasteiger partial charge in [-0.15, -0.1) is 11.8 Å². The van der Waals surface area contributed by atoms with Crippen molar-refractivity contribution in [2.24, 2.45) is 5.92 Å². The lowest BCUT2D eigenvalue weighted by Crippen LogP contribution is -2.43. The van der Waals surface area contributed by atoms with Gasteiger partial charge in [0, 0.05) is 10.7 Å². The molecule has 5 heteroatoms. The van der Waals surface area contributed by atoms with Gasteiger partial charge >= 0.3 is 0 Å². The highest BCUT2D eigenvalue weighted by Gasteiger charge is 2.29. The Bertz CT molecular complexity index is 257. The standard InChI is InChI=1S/C10H18N2O2S/c1-10(2,3)15-6-8(13)11-12-9(14)7-4-5-7/h7H,4-6H2,1-3H3,(H,11,13)(H,12,14). The minimum atomic E-state index is -0.149. The third kappa shape index (κ3) is 5.67. The summed E-state index contributed by atoms with van der Waals surface area (Å²) in [5.41, 5.74) is 4.85. The Kier molecular flexibility index (Phi) is 4.02. The number of hydrogen-bond acceptors (Lipinski definition) is 3. The molecule has 0 aromatic heterocycles. The molecule has 1 fully saturated rings. The van der Waals surface area contributed by atoms with Gasteiger partial charge in [-0.1, -0.05) is 20.8 Å². The number of carbonyl (C=O) groups is 2. The molecule has 1 rings (SSSR count). The van der Waals surface area contributed by atoms with Crippen LogP contribution in [0.4, 0.5) is 0 Å². The largest absolute Gasteiger partial charge is 0.273 e. The van der Waals surface area contributed by atoms with Crippen molar-refractivity contribution in [1.82, 2.24) is 10.9 Å². The van der Waals surface area contributed by atoms with Gasteiger partial charge in [-0.25, -0.2) is 0 Å². The molecule has 4 nitrogen and oxygen atoms in total. The molecule has 1 saturated carbocycles. The molecular weight excluding hydrogens is 212 g/mol. The number of hydrazine groups is 1. The summed E-state index contributed by atoms with van der Waals surface area (Å²) in [4.78, 5) is 22.5. The highest BCUT2D eigenvalue weighted by atomic mass is 32.2. The van der Waals surface area contributed by atoms with E-state index in [1.54, 1.807) is 11.8 Å². The molecule has 0 spiro atoms. The highest BCUT2D eigenvalue weighted by molar-refractivity contribution is 8.01. The van der Waals surface area contributed by atoms with Crippen molar-refractivity contribution < 1.29 is 9.59 Å². The number of rotatable bonds is 3. The van der Waals surface area contributed by atoms with Gasteiger partial charge in [0.25, 0.3) is 0 Å². The summed E-state index contributed by atoms with van der Waals surface area (Å²) >= 11 is 1.55. The molecule has 1 aliphatic carbocycles. The SMILES string of the molecule is CC(C)(C)SCC(=O)NNC(=O)C1CC1. The van der Waals surface area contributed by atoms with E-state index in [9.17, 15) is 9.59 Å². The predicted molar refractivity (Wildman–Crippen MR) is 61.2 cm³/mol. The monoisotopic (exact) mass is 230 g/mol. The maximum absolute atomic E-state index is 11.3. The van der Waals surface area contributed by atoms with Gasteiger partial charge in [0.1, 0.15) is 0 Å². The molecule has 0 heterocycles. The van der Waals surface area contributed by atoms with Crippen LogP contribution in [-0.2, 0) is 9.59 Å². The van der Waals surface area contributed by atoms with E-state index in [1.165, 1.54) is 0 Å². The van der Waals surface area contributed by atoms with Gasteiger partial charge in [0.05, 0.1) is 5.75 Å². The molecule has 0 aromatic carbocycles. The summed E-state index contributed by atoms with van der Waals surface area (Å²) in [7, 11) is 0. The number of thioether (sulfide) groups is 1. The Hall–Kier alpha value is -0.710. The number of nitrogens with one attached hydrogen (secondary N) is 2. The molecule has 1 aliphatic rings. The van der Waals surface area contributed by atoms with Crippen LogP contribution < -0.4 is 10.9 Å². The second-order valence-corrected chi connectivity index (χ2v) is 6.51. The van der Waals surface area contributed by atoms with Crippen LogP contribution in [0.2, 0.25) is 0 Å². The fraction of sp³-hybridized carbons (Fsp3) is 0.800. The van der Waals surface area contributed by atoms with Crippen LogP contribution in [0.5, 0.6) is 0 Å². The number of hydrogen-bond donors (Lipinski definition) is 2. The molecule has 0 bridgehead atoms. The zero-order valence-electron chi connectivity index (χ0n) is 9.42. The van der Waals surface area contributed by atoms with E-state index < -0.39 is 0 Å². The van der Waals surface area contributed by atoms with Crippen molar-refractivity contribution in [3.05, 3.63) is 0 Å². The molecular formula is C10H18N2O2S. The minimum absolute atomic E-state index is 0.0656. The highest BCUT2D eigenvalue weighted by Crippen LogP contribution is 2.28. The average Bonchev–Trinajstić information content (AvgIpc) is 2.92. The molecule has 0 saturated heterocycles. The van der Waals surface area contributed by atoms with Crippen LogP contribution >= 0.6 is 11.8 Å². The summed E-state index contributed by atoms with van der Waals surface area (Å²) in [6, 6.07) is 0. The quantitative estimate of drug-likeness (QED) is 0.713. The lowest BCUT2D eigenvalue weighted by atomic mass is 10.3. The Balaban J connectivity index is 2.10. The van der Waals surface area contributed by atoms with Crippen LogP contribution in [0.25, 0.3) is 0 Å². The van der Waals surface area contributed by atoms with Gasteiger partial charge in [-0.3, -0.25) is 20.4 Å². The van der Waals surface area contributed by atoms with Crippen molar-refractivity contribution in [1.29, 1.82) is 0 Å². The molecule has 0 aromatic rings. The van der Waals surface area contributed by atoms with Crippen molar-refractivity contribution >= 4 is 23.6 Å². The Morgan fingerprint density at radius 1 is 1.27 bits per heavy atom. The molecule has 0 aliphatic heterocycles. The Morgan fingerprint density at radius 2 is 1.87 bits per heavy atom. The third-order valence-corrected chi connectivity index (χ3v) is 3.18. The summed E-state index contributed by atoms with van der Waals surface area (Å²) < 4.78 is 0.0673. The molecule has 15 heavy (non-hydrogen) atoms.